The van der Waals surface area contributed by atoms with Gasteiger partial charge in [-0.05, 0) is 40.5 Å². The number of ether oxygens (including phenoxy) is 2. The van der Waals surface area contributed by atoms with Crippen LogP contribution in [0.3, 0.4) is 0 Å². The van der Waals surface area contributed by atoms with Crippen molar-refractivity contribution in [3.8, 4) is 0 Å². The second kappa shape index (κ2) is 5.71. The Hall–Kier alpha value is -0.0800. The standard InChI is InChI=1S/C15H32O2/c1-10-16-15(8,9)13(4,5)11-17-14(6,7)12(2)3/h12H,10-11H2,1-9H3. The zero-order chi connectivity index (χ0) is 13.9. The first-order valence-corrected chi connectivity index (χ1v) is 6.74. The molecule has 0 aliphatic rings. The summed E-state index contributed by atoms with van der Waals surface area (Å²) in [6.45, 7) is 20.9. The Kier molecular flexibility index (Phi) is 5.68. The Labute approximate surface area is 108 Å². The topological polar surface area (TPSA) is 18.5 Å². The van der Waals surface area contributed by atoms with Crippen molar-refractivity contribution in [2.75, 3.05) is 13.2 Å². The maximum Gasteiger partial charge on any atom is 0.0698 e. The number of rotatable bonds is 7. The molecule has 0 aliphatic heterocycles. The molecule has 0 heterocycles. The molecule has 0 aliphatic carbocycles. The fourth-order valence-electron chi connectivity index (χ4n) is 1.26. The lowest BCUT2D eigenvalue weighted by atomic mass is 9.77. The van der Waals surface area contributed by atoms with E-state index in [0.29, 0.717) is 12.5 Å². The van der Waals surface area contributed by atoms with Gasteiger partial charge in [0.15, 0.2) is 0 Å². The first-order valence-electron chi connectivity index (χ1n) is 6.74. The second-order valence-electron chi connectivity index (χ2n) is 6.87. The first kappa shape index (κ1) is 16.9. The molecule has 0 N–H and O–H groups in total. The van der Waals surface area contributed by atoms with Crippen molar-refractivity contribution in [3.63, 3.8) is 0 Å². The highest BCUT2D eigenvalue weighted by atomic mass is 16.5. The molecular formula is C15H32O2. The third-order valence-corrected chi connectivity index (χ3v) is 4.33. The highest BCUT2D eigenvalue weighted by Crippen LogP contribution is 2.36. The number of hydrogen-bond donors (Lipinski definition) is 0. The van der Waals surface area contributed by atoms with E-state index in [2.05, 4.69) is 55.4 Å². The summed E-state index contributed by atoms with van der Waals surface area (Å²) in [6, 6.07) is 0. The van der Waals surface area contributed by atoms with E-state index in [9.17, 15) is 0 Å². The molecule has 2 nitrogen and oxygen atoms in total. The maximum atomic E-state index is 6.11. The Morgan fingerprint density at radius 1 is 0.882 bits per heavy atom. The molecule has 0 bridgehead atoms. The normalized spacial score (nSPS) is 14.5. The van der Waals surface area contributed by atoms with Gasteiger partial charge >= 0.3 is 0 Å². The van der Waals surface area contributed by atoms with Crippen LogP contribution in [0.1, 0.15) is 62.3 Å². The predicted molar refractivity (Wildman–Crippen MR) is 74.4 cm³/mol. The summed E-state index contributed by atoms with van der Waals surface area (Å²) < 4.78 is 11.9. The molecular weight excluding hydrogens is 212 g/mol. The summed E-state index contributed by atoms with van der Waals surface area (Å²) in [5, 5.41) is 0. The molecule has 104 valence electrons. The fraction of sp³-hybridized carbons (Fsp3) is 1.00. The van der Waals surface area contributed by atoms with Gasteiger partial charge in [0.1, 0.15) is 0 Å². The second-order valence-corrected chi connectivity index (χ2v) is 6.87. The van der Waals surface area contributed by atoms with Crippen LogP contribution in [0.4, 0.5) is 0 Å². The minimum atomic E-state index is -0.172. The van der Waals surface area contributed by atoms with Crippen molar-refractivity contribution in [3.05, 3.63) is 0 Å². The predicted octanol–water partition coefficient (Wildman–Crippen LogP) is 4.28. The first-order chi connectivity index (χ1) is 7.46. The fourth-order valence-corrected chi connectivity index (χ4v) is 1.26. The van der Waals surface area contributed by atoms with E-state index in [1.54, 1.807) is 0 Å². The van der Waals surface area contributed by atoms with Crippen LogP contribution < -0.4 is 0 Å². The zero-order valence-electron chi connectivity index (χ0n) is 13.3. The van der Waals surface area contributed by atoms with E-state index in [1.807, 2.05) is 6.92 Å². The smallest absolute Gasteiger partial charge is 0.0698 e. The van der Waals surface area contributed by atoms with Gasteiger partial charge in [-0.3, -0.25) is 0 Å². The molecule has 0 unspecified atom stereocenters. The Morgan fingerprint density at radius 3 is 1.71 bits per heavy atom. The lowest BCUT2D eigenvalue weighted by Gasteiger charge is -2.43. The van der Waals surface area contributed by atoms with E-state index in [-0.39, 0.29) is 16.6 Å². The molecule has 0 aromatic heterocycles. The molecule has 0 atom stereocenters. The van der Waals surface area contributed by atoms with Crippen molar-refractivity contribution in [1.82, 2.24) is 0 Å². The Morgan fingerprint density at radius 2 is 1.35 bits per heavy atom. The van der Waals surface area contributed by atoms with Gasteiger partial charge in [0.05, 0.1) is 17.8 Å². The van der Waals surface area contributed by atoms with Gasteiger partial charge in [0, 0.05) is 12.0 Å². The lowest BCUT2D eigenvalue weighted by molar-refractivity contribution is -0.154. The van der Waals surface area contributed by atoms with Gasteiger partial charge in [0.25, 0.3) is 0 Å². The van der Waals surface area contributed by atoms with Crippen molar-refractivity contribution in [2.45, 2.75) is 73.5 Å². The summed E-state index contributed by atoms with van der Waals surface area (Å²) in [5.74, 6) is 0.508. The van der Waals surface area contributed by atoms with Crippen LogP contribution in [0.15, 0.2) is 0 Å². The molecule has 2 heteroatoms. The third kappa shape index (κ3) is 4.59. The van der Waals surface area contributed by atoms with Crippen molar-refractivity contribution < 1.29 is 9.47 Å². The highest BCUT2D eigenvalue weighted by molar-refractivity contribution is 4.88. The Balaban J connectivity index is 4.56. The molecule has 0 fully saturated rings. The van der Waals surface area contributed by atoms with E-state index < -0.39 is 0 Å². The minimum Gasteiger partial charge on any atom is -0.375 e. The largest absolute Gasteiger partial charge is 0.375 e. The van der Waals surface area contributed by atoms with Crippen LogP contribution in [0.25, 0.3) is 0 Å². The molecule has 0 saturated heterocycles. The van der Waals surface area contributed by atoms with Gasteiger partial charge in [-0.1, -0.05) is 27.7 Å². The molecule has 0 radical (unpaired) electrons. The average molecular weight is 244 g/mol. The molecule has 0 spiro atoms. The number of hydrogen-bond acceptors (Lipinski definition) is 2. The van der Waals surface area contributed by atoms with Crippen LogP contribution in [-0.2, 0) is 9.47 Å². The van der Waals surface area contributed by atoms with Crippen molar-refractivity contribution >= 4 is 0 Å². The summed E-state index contributed by atoms with van der Waals surface area (Å²) in [6.07, 6.45) is 0. The van der Waals surface area contributed by atoms with Gasteiger partial charge in [-0.15, -0.1) is 0 Å². The van der Waals surface area contributed by atoms with Gasteiger partial charge in [0.2, 0.25) is 0 Å². The van der Waals surface area contributed by atoms with E-state index in [1.165, 1.54) is 0 Å². The van der Waals surface area contributed by atoms with Gasteiger partial charge in [-0.25, -0.2) is 0 Å². The quantitative estimate of drug-likeness (QED) is 0.665. The summed E-state index contributed by atoms with van der Waals surface area (Å²) in [7, 11) is 0. The third-order valence-electron chi connectivity index (χ3n) is 4.33. The SMILES string of the molecule is CCOC(C)(C)C(C)(C)COC(C)(C)C(C)C. The van der Waals surface area contributed by atoms with E-state index in [0.717, 1.165) is 6.61 Å². The highest BCUT2D eigenvalue weighted by Gasteiger charge is 2.39. The molecule has 0 aromatic carbocycles. The summed E-state index contributed by atoms with van der Waals surface area (Å²) >= 11 is 0. The van der Waals surface area contributed by atoms with E-state index in [4.69, 9.17) is 9.47 Å². The average Bonchev–Trinajstić information content (AvgIpc) is 2.14. The molecule has 0 aromatic rings. The zero-order valence-corrected chi connectivity index (χ0v) is 13.3. The monoisotopic (exact) mass is 244 g/mol. The molecule has 0 amide bonds. The summed E-state index contributed by atoms with van der Waals surface area (Å²) in [4.78, 5) is 0. The van der Waals surface area contributed by atoms with Crippen LogP contribution >= 0.6 is 0 Å². The maximum absolute atomic E-state index is 6.11. The minimum absolute atomic E-state index is 0.00479. The van der Waals surface area contributed by atoms with Crippen molar-refractivity contribution in [2.24, 2.45) is 11.3 Å². The Bertz CT molecular complexity index is 227. The molecule has 17 heavy (non-hydrogen) atoms. The van der Waals surface area contributed by atoms with Crippen LogP contribution in [0.2, 0.25) is 0 Å². The van der Waals surface area contributed by atoms with Crippen LogP contribution in [0.5, 0.6) is 0 Å². The van der Waals surface area contributed by atoms with Crippen molar-refractivity contribution in [1.29, 1.82) is 0 Å². The molecule has 0 saturated carbocycles. The van der Waals surface area contributed by atoms with E-state index >= 15 is 0 Å². The van der Waals surface area contributed by atoms with Crippen LogP contribution in [0, 0.1) is 11.3 Å². The molecule has 0 rings (SSSR count). The van der Waals surface area contributed by atoms with Gasteiger partial charge < -0.3 is 9.47 Å². The lowest BCUT2D eigenvalue weighted by Crippen LogP contribution is -2.47. The van der Waals surface area contributed by atoms with Gasteiger partial charge in [-0.2, -0.15) is 0 Å². The van der Waals surface area contributed by atoms with Crippen LogP contribution in [-0.4, -0.2) is 24.4 Å². The summed E-state index contributed by atoms with van der Waals surface area (Å²) in [5.41, 5.74) is -0.260.